The number of benzene rings is 2. The molecule has 0 spiro atoms. The van der Waals surface area contributed by atoms with Gasteiger partial charge in [0.15, 0.2) is 5.60 Å². The Morgan fingerprint density at radius 3 is 2.23 bits per heavy atom. The van der Waals surface area contributed by atoms with Crippen LogP contribution in [0.3, 0.4) is 0 Å². The molecule has 2 N–H and O–H groups in total. The Morgan fingerprint density at radius 2 is 1.63 bits per heavy atom. The molecule has 6 nitrogen and oxygen atoms in total. The van der Waals surface area contributed by atoms with Crippen LogP contribution in [0.5, 0.6) is 23.0 Å². The van der Waals surface area contributed by atoms with E-state index >= 15 is 0 Å². The van der Waals surface area contributed by atoms with Crippen molar-refractivity contribution in [3.63, 3.8) is 0 Å². The number of aliphatic hydroxyl groups excluding tert-OH is 1. The minimum Gasteiger partial charge on any atom is -0.543 e. The van der Waals surface area contributed by atoms with Gasteiger partial charge in [-0.1, -0.05) is 20.8 Å². The van der Waals surface area contributed by atoms with Crippen LogP contribution in [0.2, 0.25) is 18.1 Å². The molecule has 7 heteroatoms. The molecule has 0 aromatic heterocycles. The SMILES string of the molecule is COc1ccc2c(c1)OC[C@](O)(c1ccc(OC)cc1O[Si](C)(C)C(C)(C)C)[C@H]2O. The zero-order chi connectivity index (χ0) is 22.3. The quantitative estimate of drug-likeness (QED) is 0.682. The predicted octanol–water partition coefficient (Wildman–Crippen LogP) is 4.40. The van der Waals surface area contributed by atoms with Gasteiger partial charge in [0, 0.05) is 23.3 Å². The molecule has 30 heavy (non-hydrogen) atoms. The molecule has 0 saturated heterocycles. The van der Waals surface area contributed by atoms with Crippen LogP contribution in [0.4, 0.5) is 0 Å². The number of methoxy groups -OCH3 is 2. The van der Waals surface area contributed by atoms with Gasteiger partial charge in [-0.2, -0.15) is 0 Å². The molecule has 0 bridgehead atoms. The van der Waals surface area contributed by atoms with E-state index in [1.807, 2.05) is 0 Å². The van der Waals surface area contributed by atoms with E-state index in [9.17, 15) is 10.2 Å². The smallest absolute Gasteiger partial charge is 0.250 e. The highest BCUT2D eigenvalue weighted by atomic mass is 28.4. The van der Waals surface area contributed by atoms with E-state index < -0.39 is 20.0 Å². The minimum absolute atomic E-state index is 0.0409. The molecule has 1 aliphatic rings. The summed E-state index contributed by atoms with van der Waals surface area (Å²) >= 11 is 0. The summed E-state index contributed by atoms with van der Waals surface area (Å²) in [4.78, 5) is 0. The summed E-state index contributed by atoms with van der Waals surface area (Å²) < 4.78 is 23.0. The van der Waals surface area contributed by atoms with E-state index in [-0.39, 0.29) is 11.6 Å². The average Bonchev–Trinajstić information content (AvgIpc) is 2.69. The van der Waals surface area contributed by atoms with Gasteiger partial charge in [-0.3, -0.25) is 0 Å². The van der Waals surface area contributed by atoms with E-state index in [0.29, 0.717) is 34.1 Å². The lowest BCUT2D eigenvalue weighted by molar-refractivity contribution is -0.122. The molecule has 0 amide bonds. The molecule has 0 aliphatic carbocycles. The van der Waals surface area contributed by atoms with Gasteiger partial charge in [0.2, 0.25) is 8.32 Å². The van der Waals surface area contributed by atoms with Gasteiger partial charge in [0.1, 0.15) is 35.7 Å². The van der Waals surface area contributed by atoms with Crippen molar-refractivity contribution in [1.29, 1.82) is 0 Å². The Bertz CT molecular complexity index is 920. The van der Waals surface area contributed by atoms with Gasteiger partial charge >= 0.3 is 0 Å². The summed E-state index contributed by atoms with van der Waals surface area (Å²) in [6.07, 6.45) is -1.19. The lowest BCUT2D eigenvalue weighted by atomic mass is 9.82. The second-order valence-corrected chi connectivity index (χ2v) is 14.0. The Morgan fingerprint density at radius 1 is 1.03 bits per heavy atom. The molecule has 0 saturated carbocycles. The summed E-state index contributed by atoms with van der Waals surface area (Å²) in [6.45, 7) is 10.6. The molecule has 3 rings (SSSR count). The van der Waals surface area contributed by atoms with Gasteiger partial charge in [-0.25, -0.2) is 0 Å². The Hall–Kier alpha value is -2.22. The van der Waals surface area contributed by atoms with Crippen molar-refractivity contribution >= 4 is 8.32 Å². The van der Waals surface area contributed by atoms with Crippen LogP contribution in [-0.2, 0) is 5.60 Å². The molecule has 0 radical (unpaired) electrons. The third-order valence-electron chi connectivity index (χ3n) is 6.24. The zero-order valence-electron chi connectivity index (χ0n) is 18.8. The van der Waals surface area contributed by atoms with Crippen molar-refractivity contribution in [3.8, 4) is 23.0 Å². The number of aliphatic hydroxyl groups is 2. The van der Waals surface area contributed by atoms with Crippen LogP contribution in [0.25, 0.3) is 0 Å². The lowest BCUT2D eigenvalue weighted by Crippen LogP contribution is -2.46. The van der Waals surface area contributed by atoms with E-state index in [2.05, 4.69) is 33.9 Å². The molecular formula is C23H32O6Si. The second-order valence-electron chi connectivity index (χ2n) is 9.24. The van der Waals surface area contributed by atoms with Crippen LogP contribution in [0.15, 0.2) is 36.4 Å². The summed E-state index contributed by atoms with van der Waals surface area (Å²) in [6, 6.07) is 10.4. The van der Waals surface area contributed by atoms with Crippen molar-refractivity contribution in [2.75, 3.05) is 20.8 Å². The molecule has 1 heterocycles. The van der Waals surface area contributed by atoms with Gasteiger partial charge in [0.25, 0.3) is 0 Å². The number of fused-ring (bicyclic) bond motifs is 1. The van der Waals surface area contributed by atoms with Gasteiger partial charge in [-0.05, 0) is 42.4 Å². The zero-order valence-corrected chi connectivity index (χ0v) is 19.8. The van der Waals surface area contributed by atoms with E-state index in [0.717, 1.165) is 0 Å². The first kappa shape index (κ1) is 22.5. The first-order valence-electron chi connectivity index (χ1n) is 10.0. The molecule has 0 unspecified atom stereocenters. The fourth-order valence-corrected chi connectivity index (χ4v) is 4.27. The predicted molar refractivity (Wildman–Crippen MR) is 118 cm³/mol. The van der Waals surface area contributed by atoms with Crippen molar-refractivity contribution in [3.05, 3.63) is 47.5 Å². The number of rotatable bonds is 5. The Balaban J connectivity index is 2.08. The third kappa shape index (κ3) is 3.89. The molecular weight excluding hydrogens is 400 g/mol. The normalized spacial score (nSPS) is 21.4. The van der Waals surface area contributed by atoms with E-state index in [1.165, 1.54) is 0 Å². The highest BCUT2D eigenvalue weighted by molar-refractivity contribution is 6.74. The highest BCUT2D eigenvalue weighted by Gasteiger charge is 2.47. The fraction of sp³-hybridized carbons (Fsp3) is 0.478. The maximum atomic E-state index is 11.6. The van der Waals surface area contributed by atoms with E-state index in [4.69, 9.17) is 18.6 Å². The maximum Gasteiger partial charge on any atom is 0.250 e. The molecule has 1 aliphatic heterocycles. The number of hydrogen-bond donors (Lipinski definition) is 2. The molecule has 2 aromatic rings. The van der Waals surface area contributed by atoms with E-state index in [1.54, 1.807) is 50.6 Å². The Kier molecular flexibility index (Phi) is 5.84. The average molecular weight is 433 g/mol. The third-order valence-corrected chi connectivity index (χ3v) is 10.6. The maximum absolute atomic E-state index is 11.6. The topological polar surface area (TPSA) is 77.4 Å². The molecule has 2 atom stereocenters. The van der Waals surface area contributed by atoms with Crippen LogP contribution in [0, 0.1) is 0 Å². The molecule has 2 aromatic carbocycles. The molecule has 164 valence electrons. The van der Waals surface area contributed by atoms with Crippen LogP contribution in [0.1, 0.15) is 38.0 Å². The first-order valence-corrected chi connectivity index (χ1v) is 12.9. The van der Waals surface area contributed by atoms with Gasteiger partial charge in [-0.15, -0.1) is 0 Å². The standard InChI is InChI=1S/C23H32O6Si/c1-22(2,3)30(6,7)29-20-13-16(27-5)9-11-18(20)23(25)14-28-19-12-15(26-4)8-10-17(19)21(23)24/h8-13,21,24-25H,14H2,1-7H3/t21-,23-/m0/s1. The fourth-order valence-electron chi connectivity index (χ4n) is 3.24. The largest absolute Gasteiger partial charge is 0.543 e. The van der Waals surface area contributed by atoms with Crippen LogP contribution < -0.4 is 18.6 Å². The molecule has 0 fully saturated rings. The van der Waals surface area contributed by atoms with Gasteiger partial charge in [0.05, 0.1) is 14.2 Å². The summed E-state index contributed by atoms with van der Waals surface area (Å²) in [7, 11) is 0.933. The Labute approximate surface area is 179 Å². The number of ether oxygens (including phenoxy) is 3. The van der Waals surface area contributed by atoms with Crippen molar-refractivity contribution in [2.45, 2.75) is 50.6 Å². The van der Waals surface area contributed by atoms with Crippen LogP contribution in [-0.4, -0.2) is 39.4 Å². The summed E-state index contributed by atoms with van der Waals surface area (Å²) in [5.74, 6) is 2.24. The summed E-state index contributed by atoms with van der Waals surface area (Å²) in [5, 5.41) is 22.7. The highest BCUT2D eigenvalue weighted by Crippen LogP contribution is 2.49. The van der Waals surface area contributed by atoms with Crippen LogP contribution >= 0.6 is 0 Å². The minimum atomic E-state index is -2.22. The number of hydrogen-bond acceptors (Lipinski definition) is 6. The van der Waals surface area contributed by atoms with Crippen molar-refractivity contribution < 1.29 is 28.8 Å². The summed E-state index contributed by atoms with van der Waals surface area (Å²) in [5.41, 5.74) is -0.702. The van der Waals surface area contributed by atoms with Gasteiger partial charge < -0.3 is 28.8 Å². The second kappa shape index (κ2) is 7.79. The van der Waals surface area contributed by atoms with Crippen molar-refractivity contribution in [2.24, 2.45) is 0 Å². The first-order chi connectivity index (χ1) is 13.9. The monoisotopic (exact) mass is 432 g/mol. The lowest BCUT2D eigenvalue weighted by Gasteiger charge is -2.41. The van der Waals surface area contributed by atoms with Crippen molar-refractivity contribution in [1.82, 2.24) is 0 Å².